The fourth-order valence-corrected chi connectivity index (χ4v) is 2.70. The third kappa shape index (κ3) is 5.47. The molecule has 2 aromatic carbocycles. The summed E-state index contributed by atoms with van der Waals surface area (Å²) in [6.45, 7) is 4.35. The average Bonchev–Trinajstić information content (AvgIpc) is 2.60. The van der Waals surface area contributed by atoms with Crippen LogP contribution in [-0.4, -0.2) is 16.8 Å². The second-order valence-electron chi connectivity index (χ2n) is 5.84. The predicted octanol–water partition coefficient (Wildman–Crippen LogP) is 4.71. The van der Waals surface area contributed by atoms with Crippen molar-refractivity contribution in [1.29, 1.82) is 5.26 Å². The average molecular weight is 398 g/mol. The molecule has 0 aromatic heterocycles. The van der Waals surface area contributed by atoms with Crippen LogP contribution in [0.1, 0.15) is 19.4 Å². The molecule has 0 aliphatic carbocycles. The Bertz CT molecular complexity index is 794. The van der Waals surface area contributed by atoms with Crippen molar-refractivity contribution in [3.8, 4) is 6.07 Å². The van der Waals surface area contributed by atoms with Gasteiger partial charge in [0.05, 0.1) is 0 Å². The van der Waals surface area contributed by atoms with Crippen LogP contribution in [0.25, 0.3) is 0 Å². The number of benzene rings is 2. The van der Waals surface area contributed by atoms with Crippen LogP contribution in [0.4, 0.5) is 5.69 Å². The molecule has 0 unspecified atom stereocenters. The first-order chi connectivity index (χ1) is 12.0. The highest BCUT2D eigenvalue weighted by atomic mass is 79.9. The summed E-state index contributed by atoms with van der Waals surface area (Å²) in [4.78, 5) is 14.5. The zero-order valence-electron chi connectivity index (χ0n) is 14.2. The number of hydrogen-bond donors (Lipinski definition) is 1. The van der Waals surface area contributed by atoms with Crippen molar-refractivity contribution in [3.63, 3.8) is 0 Å². The first kappa shape index (κ1) is 18.8. The van der Waals surface area contributed by atoms with Gasteiger partial charge in [-0.15, -0.1) is 0 Å². The monoisotopic (exact) mass is 397 g/mol. The molecule has 0 radical (unpaired) electrons. The number of carbonyl (C=O) groups excluding carboxylic acids is 1. The number of carbonyl (C=O) groups is 1. The van der Waals surface area contributed by atoms with Gasteiger partial charge >= 0.3 is 0 Å². The van der Waals surface area contributed by atoms with Crippen LogP contribution in [-0.2, 0) is 11.3 Å². The molecule has 0 spiro atoms. The Balaban J connectivity index is 2.17. The molecule has 2 aromatic rings. The van der Waals surface area contributed by atoms with E-state index in [-0.39, 0.29) is 17.5 Å². The maximum Gasteiger partial charge on any atom is 0.266 e. The summed E-state index contributed by atoms with van der Waals surface area (Å²) in [5.41, 5.74) is 1.90. The van der Waals surface area contributed by atoms with E-state index in [9.17, 15) is 10.1 Å². The van der Waals surface area contributed by atoms with Crippen LogP contribution in [0.3, 0.4) is 0 Å². The van der Waals surface area contributed by atoms with E-state index in [2.05, 4.69) is 21.2 Å². The summed E-state index contributed by atoms with van der Waals surface area (Å²) in [7, 11) is 0. The van der Waals surface area contributed by atoms with Crippen LogP contribution < -0.4 is 5.32 Å². The van der Waals surface area contributed by atoms with Crippen LogP contribution >= 0.6 is 15.9 Å². The van der Waals surface area contributed by atoms with Crippen molar-refractivity contribution in [2.24, 2.45) is 0 Å². The molecule has 0 fully saturated rings. The Morgan fingerprint density at radius 1 is 1.24 bits per heavy atom. The van der Waals surface area contributed by atoms with E-state index in [4.69, 9.17) is 0 Å². The highest BCUT2D eigenvalue weighted by molar-refractivity contribution is 9.10. The first-order valence-electron chi connectivity index (χ1n) is 7.98. The van der Waals surface area contributed by atoms with Gasteiger partial charge in [-0.25, -0.2) is 0 Å². The number of nitriles is 1. The second-order valence-corrected chi connectivity index (χ2v) is 6.75. The number of hydrogen-bond acceptors (Lipinski definition) is 3. The smallest absolute Gasteiger partial charge is 0.266 e. The predicted molar refractivity (Wildman–Crippen MR) is 104 cm³/mol. The summed E-state index contributed by atoms with van der Waals surface area (Å²) < 4.78 is 0.920. The van der Waals surface area contributed by atoms with Crippen molar-refractivity contribution < 1.29 is 4.79 Å². The SMILES string of the molecule is CC(C)N(Cc1ccccc1)C(=O)/C(C#N)=C\Nc1cccc(Br)c1. The Morgan fingerprint density at radius 3 is 2.56 bits per heavy atom. The van der Waals surface area contributed by atoms with E-state index in [1.54, 1.807) is 4.90 Å². The molecule has 0 aliphatic heterocycles. The van der Waals surface area contributed by atoms with E-state index in [0.29, 0.717) is 6.54 Å². The van der Waals surface area contributed by atoms with Crippen molar-refractivity contribution >= 4 is 27.5 Å². The normalized spacial score (nSPS) is 11.1. The number of nitrogens with zero attached hydrogens (tertiary/aromatic N) is 2. The lowest BCUT2D eigenvalue weighted by Gasteiger charge is -2.26. The Hall–Kier alpha value is -2.58. The lowest BCUT2D eigenvalue weighted by Crippen LogP contribution is -2.37. The topological polar surface area (TPSA) is 56.1 Å². The van der Waals surface area contributed by atoms with Gasteiger partial charge in [0.25, 0.3) is 5.91 Å². The quantitative estimate of drug-likeness (QED) is 0.567. The fraction of sp³-hybridized carbons (Fsp3) is 0.200. The van der Waals surface area contributed by atoms with Gasteiger partial charge in [-0.2, -0.15) is 5.26 Å². The summed E-state index contributed by atoms with van der Waals surface area (Å²) >= 11 is 3.39. The number of nitrogens with one attached hydrogen (secondary N) is 1. The molecule has 0 heterocycles. The highest BCUT2D eigenvalue weighted by Crippen LogP contribution is 2.17. The van der Waals surface area contributed by atoms with Crippen molar-refractivity contribution in [1.82, 2.24) is 4.90 Å². The molecule has 1 N–H and O–H groups in total. The molecule has 5 heteroatoms. The van der Waals surface area contributed by atoms with Gasteiger partial charge in [0.2, 0.25) is 0 Å². The van der Waals surface area contributed by atoms with Gasteiger partial charge in [-0.05, 0) is 37.6 Å². The van der Waals surface area contributed by atoms with Gasteiger partial charge in [0.1, 0.15) is 11.6 Å². The first-order valence-corrected chi connectivity index (χ1v) is 8.78. The van der Waals surface area contributed by atoms with E-state index in [1.165, 1.54) is 6.20 Å². The Kier molecular flexibility index (Phi) is 6.79. The number of halogens is 1. The third-order valence-corrected chi connectivity index (χ3v) is 4.13. The summed E-state index contributed by atoms with van der Waals surface area (Å²) in [6, 6.07) is 19.3. The standard InChI is InChI=1S/C20H20BrN3O/c1-15(2)24(14-16-7-4-3-5-8-16)20(25)17(12-22)13-23-19-10-6-9-18(21)11-19/h3-11,13,15,23H,14H2,1-2H3/b17-13-. The maximum absolute atomic E-state index is 12.8. The molecule has 4 nitrogen and oxygen atoms in total. The van der Waals surface area contributed by atoms with Crippen molar-refractivity contribution in [2.45, 2.75) is 26.4 Å². The fourth-order valence-electron chi connectivity index (χ4n) is 2.30. The van der Waals surface area contributed by atoms with Gasteiger partial charge in [-0.1, -0.05) is 52.3 Å². The maximum atomic E-state index is 12.8. The zero-order chi connectivity index (χ0) is 18.2. The summed E-state index contributed by atoms with van der Waals surface area (Å²) in [6.07, 6.45) is 1.46. The zero-order valence-corrected chi connectivity index (χ0v) is 15.8. The van der Waals surface area contributed by atoms with Gasteiger partial charge in [-0.3, -0.25) is 4.79 Å². The number of rotatable bonds is 6. The third-order valence-electron chi connectivity index (χ3n) is 3.64. The Morgan fingerprint density at radius 2 is 1.96 bits per heavy atom. The number of amides is 1. The molecule has 0 aliphatic rings. The molecule has 1 amide bonds. The molecule has 25 heavy (non-hydrogen) atoms. The molecule has 0 saturated carbocycles. The van der Waals surface area contributed by atoms with Gasteiger partial charge in [0, 0.05) is 28.9 Å². The second kappa shape index (κ2) is 9.05. The van der Waals surface area contributed by atoms with Gasteiger partial charge < -0.3 is 10.2 Å². The summed E-state index contributed by atoms with van der Waals surface area (Å²) in [5, 5.41) is 12.4. The van der Waals surface area contributed by atoms with Crippen LogP contribution in [0, 0.1) is 11.3 Å². The molecule has 128 valence electrons. The van der Waals surface area contributed by atoms with E-state index < -0.39 is 0 Å². The Labute approximate surface area is 156 Å². The molecule has 0 atom stereocenters. The van der Waals surface area contributed by atoms with E-state index >= 15 is 0 Å². The molecular weight excluding hydrogens is 378 g/mol. The molecule has 0 saturated heterocycles. The lowest BCUT2D eigenvalue weighted by atomic mass is 10.1. The lowest BCUT2D eigenvalue weighted by molar-refractivity contribution is -0.129. The molecule has 0 bridgehead atoms. The van der Waals surface area contributed by atoms with E-state index in [1.807, 2.05) is 74.5 Å². The summed E-state index contributed by atoms with van der Waals surface area (Å²) in [5.74, 6) is -0.288. The minimum Gasteiger partial charge on any atom is -0.360 e. The van der Waals surface area contributed by atoms with Gasteiger partial charge in [0.15, 0.2) is 0 Å². The molecule has 2 rings (SSSR count). The van der Waals surface area contributed by atoms with Crippen LogP contribution in [0.5, 0.6) is 0 Å². The van der Waals surface area contributed by atoms with E-state index in [0.717, 1.165) is 15.7 Å². The minimum atomic E-state index is -0.288. The van der Waals surface area contributed by atoms with Crippen molar-refractivity contribution in [2.75, 3.05) is 5.32 Å². The number of anilines is 1. The minimum absolute atomic E-state index is 0.0182. The van der Waals surface area contributed by atoms with Crippen LogP contribution in [0.15, 0.2) is 70.8 Å². The highest BCUT2D eigenvalue weighted by Gasteiger charge is 2.21. The van der Waals surface area contributed by atoms with Crippen LogP contribution in [0.2, 0.25) is 0 Å². The largest absolute Gasteiger partial charge is 0.360 e. The molecular formula is C20H20BrN3O. The van der Waals surface area contributed by atoms with Crippen molar-refractivity contribution in [3.05, 3.63) is 76.4 Å².